The molecule has 0 amide bonds. The number of rotatable bonds is 2. The van der Waals surface area contributed by atoms with Gasteiger partial charge in [0, 0.05) is 9.99 Å². The van der Waals surface area contributed by atoms with Crippen LogP contribution in [0.1, 0.15) is 12.5 Å². The second-order valence-corrected chi connectivity index (χ2v) is 4.20. The first-order valence-corrected chi connectivity index (χ1v) is 4.98. The Kier molecular flexibility index (Phi) is 3.53. The molecule has 0 aliphatic rings. The molecule has 1 aromatic carbocycles. The van der Waals surface area contributed by atoms with Gasteiger partial charge in [0.25, 0.3) is 0 Å². The highest BCUT2D eigenvalue weighted by molar-refractivity contribution is 14.1. The van der Waals surface area contributed by atoms with Crippen molar-refractivity contribution in [1.29, 1.82) is 0 Å². The largest absolute Gasteiger partial charge is 0.300 e. The van der Waals surface area contributed by atoms with E-state index in [4.69, 9.17) is 11.6 Å². The summed E-state index contributed by atoms with van der Waals surface area (Å²) >= 11 is 8.04. The maximum atomic E-state index is 10.8. The zero-order chi connectivity index (χ0) is 9.14. The molecule has 1 aromatic rings. The molecule has 0 radical (unpaired) electrons. The second kappa shape index (κ2) is 4.23. The second-order valence-electron chi connectivity index (χ2n) is 2.63. The molecule has 1 nitrogen and oxygen atoms in total. The molecule has 0 aliphatic heterocycles. The Morgan fingerprint density at radius 1 is 1.58 bits per heavy atom. The van der Waals surface area contributed by atoms with Crippen molar-refractivity contribution in [3.8, 4) is 0 Å². The molecule has 0 N–H and O–H groups in total. The summed E-state index contributed by atoms with van der Waals surface area (Å²) in [7, 11) is 0. The van der Waals surface area contributed by atoms with E-state index in [9.17, 15) is 4.79 Å². The Labute approximate surface area is 90.3 Å². The van der Waals surface area contributed by atoms with E-state index in [-0.39, 0.29) is 5.78 Å². The van der Waals surface area contributed by atoms with Crippen LogP contribution in [0, 0.1) is 3.57 Å². The zero-order valence-electron chi connectivity index (χ0n) is 6.60. The molecule has 0 aromatic heterocycles. The van der Waals surface area contributed by atoms with Crippen molar-refractivity contribution in [2.24, 2.45) is 0 Å². The van der Waals surface area contributed by atoms with Crippen LogP contribution in [-0.4, -0.2) is 5.78 Å². The van der Waals surface area contributed by atoms with Crippen molar-refractivity contribution in [3.63, 3.8) is 0 Å². The summed E-state index contributed by atoms with van der Waals surface area (Å²) in [5, 5.41) is 0.717. The molecule has 0 atom stereocenters. The smallest absolute Gasteiger partial charge is 0.134 e. The van der Waals surface area contributed by atoms with Crippen LogP contribution in [-0.2, 0) is 11.2 Å². The van der Waals surface area contributed by atoms with Gasteiger partial charge in [0.2, 0.25) is 0 Å². The molecular formula is C9H8ClIO. The number of carbonyl (C=O) groups is 1. The molecule has 64 valence electrons. The van der Waals surface area contributed by atoms with Gasteiger partial charge in [-0.1, -0.05) is 17.7 Å². The van der Waals surface area contributed by atoms with Crippen LogP contribution in [0.15, 0.2) is 18.2 Å². The van der Waals surface area contributed by atoms with Crippen molar-refractivity contribution in [2.75, 3.05) is 0 Å². The highest BCUT2D eigenvalue weighted by Gasteiger charge is 2.00. The molecule has 0 saturated carbocycles. The van der Waals surface area contributed by atoms with Gasteiger partial charge in [-0.3, -0.25) is 4.79 Å². The average Bonchev–Trinajstić information content (AvgIpc) is 1.96. The molecule has 0 spiro atoms. The molecule has 0 bridgehead atoms. The Hall–Kier alpha value is -0.0900. The summed E-state index contributed by atoms with van der Waals surface area (Å²) in [6.45, 7) is 1.58. The van der Waals surface area contributed by atoms with E-state index < -0.39 is 0 Å². The van der Waals surface area contributed by atoms with Crippen LogP contribution in [0.2, 0.25) is 5.02 Å². The summed E-state index contributed by atoms with van der Waals surface area (Å²) < 4.78 is 1.02. The number of ketones is 1. The fourth-order valence-electron chi connectivity index (χ4n) is 0.937. The minimum absolute atomic E-state index is 0.160. The van der Waals surface area contributed by atoms with E-state index >= 15 is 0 Å². The van der Waals surface area contributed by atoms with Gasteiger partial charge < -0.3 is 0 Å². The topological polar surface area (TPSA) is 17.1 Å². The number of benzene rings is 1. The normalized spacial score (nSPS) is 9.92. The molecule has 3 heteroatoms. The highest BCUT2D eigenvalue weighted by atomic mass is 127. The van der Waals surface area contributed by atoms with Gasteiger partial charge in [0.1, 0.15) is 5.78 Å². The maximum absolute atomic E-state index is 10.8. The Morgan fingerprint density at radius 2 is 2.25 bits per heavy atom. The Morgan fingerprint density at radius 3 is 2.75 bits per heavy atom. The third kappa shape index (κ3) is 2.75. The van der Waals surface area contributed by atoms with Gasteiger partial charge in [0.05, 0.1) is 5.02 Å². The van der Waals surface area contributed by atoms with Crippen LogP contribution in [0.5, 0.6) is 0 Å². The monoisotopic (exact) mass is 294 g/mol. The first-order valence-electron chi connectivity index (χ1n) is 3.53. The zero-order valence-corrected chi connectivity index (χ0v) is 9.52. The summed E-state index contributed by atoms with van der Waals surface area (Å²) in [6, 6.07) is 5.68. The standard InChI is InChI=1S/C9H8ClIO/c1-6(12)4-7-2-3-9(11)8(10)5-7/h2-3,5H,4H2,1H3. The van der Waals surface area contributed by atoms with E-state index in [0.717, 1.165) is 9.13 Å². The third-order valence-electron chi connectivity index (χ3n) is 1.44. The lowest BCUT2D eigenvalue weighted by Crippen LogP contribution is -1.95. The molecule has 0 unspecified atom stereocenters. The van der Waals surface area contributed by atoms with Gasteiger partial charge in [-0.15, -0.1) is 0 Å². The van der Waals surface area contributed by atoms with Gasteiger partial charge in [-0.2, -0.15) is 0 Å². The third-order valence-corrected chi connectivity index (χ3v) is 3.01. The van der Waals surface area contributed by atoms with E-state index in [0.29, 0.717) is 11.4 Å². The minimum Gasteiger partial charge on any atom is -0.300 e. The summed E-state index contributed by atoms with van der Waals surface area (Å²) in [5.41, 5.74) is 0.980. The summed E-state index contributed by atoms with van der Waals surface area (Å²) in [4.78, 5) is 10.8. The van der Waals surface area contributed by atoms with Gasteiger partial charge in [-0.05, 0) is 47.2 Å². The molecule has 12 heavy (non-hydrogen) atoms. The van der Waals surface area contributed by atoms with E-state index in [1.807, 2.05) is 18.2 Å². The number of Topliss-reactive ketones (excluding diaryl/α,β-unsaturated/α-hetero) is 1. The van der Waals surface area contributed by atoms with Crippen LogP contribution >= 0.6 is 34.2 Å². The quantitative estimate of drug-likeness (QED) is 0.766. The van der Waals surface area contributed by atoms with E-state index in [1.165, 1.54) is 0 Å². The highest BCUT2D eigenvalue weighted by Crippen LogP contribution is 2.19. The van der Waals surface area contributed by atoms with Crippen molar-refractivity contribution in [1.82, 2.24) is 0 Å². The van der Waals surface area contributed by atoms with Crippen molar-refractivity contribution in [2.45, 2.75) is 13.3 Å². The Bertz CT molecular complexity index is 309. The molecule has 0 fully saturated rings. The maximum Gasteiger partial charge on any atom is 0.134 e. The Balaban J connectivity index is 2.89. The predicted octanol–water partition coefficient (Wildman–Crippen LogP) is 3.08. The first-order chi connectivity index (χ1) is 5.59. The number of hydrogen-bond donors (Lipinski definition) is 0. The van der Waals surface area contributed by atoms with Crippen molar-refractivity contribution in [3.05, 3.63) is 32.4 Å². The van der Waals surface area contributed by atoms with E-state index in [1.54, 1.807) is 6.92 Å². The number of hydrogen-bond acceptors (Lipinski definition) is 1. The fraction of sp³-hybridized carbons (Fsp3) is 0.222. The van der Waals surface area contributed by atoms with Crippen LogP contribution in [0.4, 0.5) is 0 Å². The van der Waals surface area contributed by atoms with Crippen molar-refractivity contribution < 1.29 is 4.79 Å². The molecular weight excluding hydrogens is 286 g/mol. The molecule has 0 aliphatic carbocycles. The average molecular weight is 295 g/mol. The van der Waals surface area contributed by atoms with Gasteiger partial charge in [0.15, 0.2) is 0 Å². The molecule has 0 saturated heterocycles. The lowest BCUT2D eigenvalue weighted by atomic mass is 10.1. The fourth-order valence-corrected chi connectivity index (χ4v) is 1.48. The lowest BCUT2D eigenvalue weighted by molar-refractivity contribution is -0.116. The number of carbonyl (C=O) groups excluding carboxylic acids is 1. The van der Waals surface area contributed by atoms with Gasteiger partial charge in [-0.25, -0.2) is 0 Å². The van der Waals surface area contributed by atoms with Crippen LogP contribution < -0.4 is 0 Å². The minimum atomic E-state index is 0.160. The summed E-state index contributed by atoms with van der Waals surface area (Å²) in [5.74, 6) is 0.160. The molecule has 0 heterocycles. The van der Waals surface area contributed by atoms with Crippen LogP contribution in [0.25, 0.3) is 0 Å². The summed E-state index contributed by atoms with van der Waals surface area (Å²) in [6.07, 6.45) is 0.469. The number of halogens is 2. The van der Waals surface area contributed by atoms with E-state index in [2.05, 4.69) is 22.6 Å². The first kappa shape index (κ1) is 9.99. The lowest BCUT2D eigenvalue weighted by Gasteiger charge is -1.99. The molecule has 1 rings (SSSR count). The van der Waals surface area contributed by atoms with Crippen molar-refractivity contribution >= 4 is 40.0 Å². The SMILES string of the molecule is CC(=O)Cc1ccc(I)c(Cl)c1. The predicted molar refractivity (Wildman–Crippen MR) is 58.6 cm³/mol. The van der Waals surface area contributed by atoms with Crippen LogP contribution in [0.3, 0.4) is 0 Å². The van der Waals surface area contributed by atoms with Gasteiger partial charge >= 0.3 is 0 Å².